The van der Waals surface area contributed by atoms with Crippen LogP contribution in [0.2, 0.25) is 5.02 Å². The third-order valence-corrected chi connectivity index (χ3v) is 3.54. The molecule has 6 nitrogen and oxygen atoms in total. The summed E-state index contributed by atoms with van der Waals surface area (Å²) in [5.41, 5.74) is 0.136. The van der Waals surface area contributed by atoms with E-state index in [1.54, 1.807) is 30.3 Å². The Bertz CT molecular complexity index is 816. The Balaban J connectivity index is 1.97. The third-order valence-electron chi connectivity index (χ3n) is 3.29. The first-order chi connectivity index (χ1) is 11.0. The molecule has 0 bridgehead atoms. The number of hydrogen-bond donors (Lipinski definition) is 0. The Hall–Kier alpha value is -2.86. The van der Waals surface area contributed by atoms with Crippen LogP contribution >= 0.6 is 11.6 Å². The number of fused-ring (bicyclic) bond motifs is 1. The molecule has 0 aliphatic carbocycles. The van der Waals surface area contributed by atoms with Gasteiger partial charge in [0, 0.05) is 5.02 Å². The third kappa shape index (κ3) is 2.76. The molecule has 23 heavy (non-hydrogen) atoms. The number of rotatable bonds is 4. The van der Waals surface area contributed by atoms with E-state index in [9.17, 15) is 19.5 Å². The summed E-state index contributed by atoms with van der Waals surface area (Å²) >= 11 is 5.80. The number of hydrogen-bond acceptors (Lipinski definition) is 5. The fraction of sp³-hybridized carbons (Fsp3) is 0.0625. The summed E-state index contributed by atoms with van der Waals surface area (Å²) < 4.78 is 5.63. The maximum Gasteiger partial charge on any atom is 0.265 e. The van der Waals surface area contributed by atoms with Gasteiger partial charge in [0.2, 0.25) is 0 Å². The van der Waals surface area contributed by atoms with Gasteiger partial charge in [-0.05, 0) is 36.4 Å². The maximum absolute atomic E-state index is 12.3. The van der Waals surface area contributed by atoms with Crippen LogP contribution in [-0.4, -0.2) is 29.2 Å². The molecule has 0 unspecified atom stereocenters. The van der Waals surface area contributed by atoms with Crippen molar-refractivity contribution in [3.63, 3.8) is 0 Å². The fourth-order valence-corrected chi connectivity index (χ4v) is 2.42. The summed E-state index contributed by atoms with van der Waals surface area (Å²) in [5.74, 6) is -2.32. The van der Waals surface area contributed by atoms with Crippen molar-refractivity contribution in [3.8, 4) is 11.5 Å². The topological polar surface area (TPSA) is 86.7 Å². The number of nitrogens with zero attached hydrogens (tertiary/aromatic N) is 1. The molecule has 2 amide bonds. The highest BCUT2D eigenvalue weighted by Gasteiger charge is 2.38. The van der Waals surface area contributed by atoms with Gasteiger partial charge in [-0.3, -0.25) is 14.5 Å². The second-order valence-corrected chi connectivity index (χ2v) is 5.24. The highest BCUT2D eigenvalue weighted by molar-refractivity contribution is 6.30. The zero-order valence-corrected chi connectivity index (χ0v) is 12.4. The van der Waals surface area contributed by atoms with E-state index in [-0.39, 0.29) is 16.9 Å². The summed E-state index contributed by atoms with van der Waals surface area (Å²) in [6.45, 7) is -0.799. The van der Waals surface area contributed by atoms with Gasteiger partial charge in [-0.15, -0.1) is 0 Å². The van der Waals surface area contributed by atoms with Crippen molar-refractivity contribution in [1.82, 2.24) is 4.90 Å². The molecule has 0 fully saturated rings. The van der Waals surface area contributed by atoms with Crippen molar-refractivity contribution < 1.29 is 24.2 Å². The smallest absolute Gasteiger partial charge is 0.265 e. The Labute approximate surface area is 135 Å². The van der Waals surface area contributed by atoms with Crippen LogP contribution in [0.3, 0.4) is 0 Å². The van der Waals surface area contributed by atoms with E-state index >= 15 is 0 Å². The molecule has 116 valence electrons. The van der Waals surface area contributed by atoms with Crippen LogP contribution in [0.1, 0.15) is 20.7 Å². The predicted molar refractivity (Wildman–Crippen MR) is 78.3 cm³/mol. The van der Waals surface area contributed by atoms with E-state index in [4.69, 9.17) is 16.3 Å². The van der Waals surface area contributed by atoms with Gasteiger partial charge in [0.05, 0.1) is 23.6 Å². The molecular formula is C16H9ClNO5-. The van der Waals surface area contributed by atoms with Crippen molar-refractivity contribution in [3.05, 3.63) is 58.6 Å². The Kier molecular flexibility index (Phi) is 3.75. The maximum atomic E-state index is 12.3. The van der Waals surface area contributed by atoms with Crippen LogP contribution in [0, 0.1) is 0 Å². The van der Waals surface area contributed by atoms with Gasteiger partial charge in [0.25, 0.3) is 11.8 Å². The van der Waals surface area contributed by atoms with Crippen LogP contribution in [0.5, 0.6) is 11.5 Å². The lowest BCUT2D eigenvalue weighted by Gasteiger charge is -2.14. The molecule has 0 N–H and O–H groups in total. The predicted octanol–water partition coefficient (Wildman–Crippen LogP) is 1.48. The summed E-state index contributed by atoms with van der Waals surface area (Å²) in [6.07, 6.45) is 0. The number of aliphatic carboxylic acids is 1. The second kappa shape index (κ2) is 5.73. The molecule has 0 radical (unpaired) electrons. The molecule has 7 heteroatoms. The minimum atomic E-state index is -1.51. The van der Waals surface area contributed by atoms with Crippen LogP contribution in [0.4, 0.5) is 0 Å². The van der Waals surface area contributed by atoms with Crippen LogP contribution in [0.25, 0.3) is 0 Å². The summed E-state index contributed by atoms with van der Waals surface area (Å²) in [4.78, 5) is 35.8. The normalized spacial score (nSPS) is 13.2. The zero-order chi connectivity index (χ0) is 16.6. The van der Waals surface area contributed by atoms with Crippen LogP contribution < -0.4 is 9.84 Å². The Morgan fingerprint density at radius 1 is 1.09 bits per heavy atom. The minimum Gasteiger partial charge on any atom is -0.548 e. The second-order valence-electron chi connectivity index (χ2n) is 4.80. The van der Waals surface area contributed by atoms with Gasteiger partial charge in [-0.2, -0.15) is 0 Å². The average Bonchev–Trinajstić information content (AvgIpc) is 2.75. The quantitative estimate of drug-likeness (QED) is 0.792. The van der Waals surface area contributed by atoms with Crippen LogP contribution in [-0.2, 0) is 4.79 Å². The number of carbonyl (C=O) groups is 3. The van der Waals surface area contributed by atoms with E-state index in [1.807, 2.05) is 0 Å². The fourth-order valence-electron chi connectivity index (χ4n) is 2.29. The number of amides is 2. The number of carboxylic acids is 1. The molecular weight excluding hydrogens is 322 g/mol. The molecule has 2 aromatic rings. The largest absolute Gasteiger partial charge is 0.548 e. The average molecular weight is 331 g/mol. The Morgan fingerprint density at radius 2 is 1.78 bits per heavy atom. The van der Waals surface area contributed by atoms with Gasteiger partial charge in [0.15, 0.2) is 0 Å². The van der Waals surface area contributed by atoms with Crippen molar-refractivity contribution >= 4 is 29.4 Å². The van der Waals surface area contributed by atoms with Crippen LogP contribution in [0.15, 0.2) is 42.5 Å². The summed E-state index contributed by atoms with van der Waals surface area (Å²) in [5, 5.41) is 11.2. The number of halogens is 1. The van der Waals surface area contributed by atoms with E-state index < -0.39 is 24.3 Å². The Morgan fingerprint density at radius 3 is 2.43 bits per heavy atom. The van der Waals surface area contributed by atoms with Crippen molar-refractivity contribution in [2.75, 3.05) is 6.54 Å². The molecule has 2 aromatic carbocycles. The van der Waals surface area contributed by atoms with E-state index in [1.165, 1.54) is 12.1 Å². The monoisotopic (exact) mass is 330 g/mol. The molecule has 1 aliphatic rings. The first-order valence-corrected chi connectivity index (χ1v) is 6.97. The molecule has 0 spiro atoms. The van der Waals surface area contributed by atoms with E-state index in [2.05, 4.69) is 0 Å². The van der Waals surface area contributed by atoms with Gasteiger partial charge >= 0.3 is 0 Å². The molecule has 0 saturated heterocycles. The first kappa shape index (κ1) is 15.1. The molecule has 3 rings (SSSR count). The zero-order valence-electron chi connectivity index (χ0n) is 11.6. The first-order valence-electron chi connectivity index (χ1n) is 6.60. The van der Waals surface area contributed by atoms with E-state index in [0.29, 0.717) is 15.7 Å². The highest BCUT2D eigenvalue weighted by atomic mass is 35.5. The van der Waals surface area contributed by atoms with Crippen molar-refractivity contribution in [2.45, 2.75) is 0 Å². The number of benzene rings is 2. The molecule has 0 saturated carbocycles. The summed E-state index contributed by atoms with van der Waals surface area (Å²) in [7, 11) is 0. The van der Waals surface area contributed by atoms with Gasteiger partial charge < -0.3 is 14.6 Å². The van der Waals surface area contributed by atoms with Gasteiger partial charge in [-0.25, -0.2) is 0 Å². The number of ether oxygens (including phenoxy) is 1. The standard InChI is InChI=1S/C16H10ClNO5/c17-9-4-6-10(7-5-9)23-12-3-1-2-11-14(12)16(22)18(15(11)21)8-13(19)20/h1-7H,8H2,(H,19,20)/p-1. The highest BCUT2D eigenvalue weighted by Crippen LogP contribution is 2.33. The minimum absolute atomic E-state index is 0.0358. The van der Waals surface area contributed by atoms with E-state index in [0.717, 1.165) is 0 Å². The van der Waals surface area contributed by atoms with Crippen molar-refractivity contribution in [2.24, 2.45) is 0 Å². The molecule has 1 heterocycles. The lowest BCUT2D eigenvalue weighted by Crippen LogP contribution is -2.41. The molecule has 1 aliphatic heterocycles. The number of carbonyl (C=O) groups excluding carboxylic acids is 3. The summed E-state index contributed by atoms with van der Waals surface area (Å²) in [6, 6.07) is 11.0. The molecule has 0 aromatic heterocycles. The van der Waals surface area contributed by atoms with Gasteiger partial charge in [0.1, 0.15) is 11.5 Å². The molecule has 0 atom stereocenters. The SMILES string of the molecule is O=C([O-])CN1C(=O)c2cccc(Oc3ccc(Cl)cc3)c2C1=O. The number of carboxylic acid groups (broad SMARTS) is 1. The van der Waals surface area contributed by atoms with Gasteiger partial charge in [-0.1, -0.05) is 17.7 Å². The number of imide groups is 1. The lowest BCUT2D eigenvalue weighted by molar-refractivity contribution is -0.305. The lowest BCUT2D eigenvalue weighted by atomic mass is 10.1. The van der Waals surface area contributed by atoms with Crippen molar-refractivity contribution in [1.29, 1.82) is 0 Å².